The maximum absolute atomic E-state index is 12.6. The van der Waals surface area contributed by atoms with Gasteiger partial charge in [-0.1, -0.05) is 12.1 Å². The van der Waals surface area contributed by atoms with E-state index in [1.54, 1.807) is 26.2 Å². The van der Waals surface area contributed by atoms with E-state index in [1.807, 2.05) is 35.7 Å². The number of ether oxygens (including phenoxy) is 2. The molecular weight excluding hydrogens is 352 g/mol. The molecular formula is C19H24N2O4S. The second-order valence-corrected chi connectivity index (χ2v) is 6.89. The first-order chi connectivity index (χ1) is 12.4. The van der Waals surface area contributed by atoms with Gasteiger partial charge in [-0.25, -0.2) is 0 Å². The van der Waals surface area contributed by atoms with Gasteiger partial charge in [0, 0.05) is 25.4 Å². The maximum Gasteiger partial charge on any atom is 0.225 e. The van der Waals surface area contributed by atoms with E-state index in [1.165, 1.54) is 18.3 Å². The Morgan fingerprint density at radius 2 is 1.92 bits per heavy atom. The zero-order valence-electron chi connectivity index (χ0n) is 15.4. The van der Waals surface area contributed by atoms with Crippen molar-refractivity contribution in [3.05, 3.63) is 46.2 Å². The lowest BCUT2D eigenvalue weighted by Crippen LogP contribution is -2.33. The van der Waals surface area contributed by atoms with Gasteiger partial charge in [-0.2, -0.15) is 0 Å². The molecule has 1 heterocycles. The number of benzene rings is 1. The molecule has 0 aliphatic heterocycles. The van der Waals surface area contributed by atoms with Crippen LogP contribution in [0, 0.1) is 0 Å². The van der Waals surface area contributed by atoms with Crippen molar-refractivity contribution in [1.82, 2.24) is 10.2 Å². The summed E-state index contributed by atoms with van der Waals surface area (Å²) in [4.78, 5) is 26.7. The van der Waals surface area contributed by atoms with Crippen LogP contribution >= 0.6 is 11.3 Å². The first kappa shape index (κ1) is 19.8. The predicted octanol–water partition coefficient (Wildman–Crippen LogP) is 2.99. The van der Waals surface area contributed by atoms with E-state index in [0.717, 1.165) is 10.4 Å². The Balaban J connectivity index is 2.05. The van der Waals surface area contributed by atoms with Gasteiger partial charge in [-0.15, -0.1) is 11.3 Å². The van der Waals surface area contributed by atoms with E-state index in [9.17, 15) is 9.59 Å². The number of amides is 2. The van der Waals surface area contributed by atoms with Crippen molar-refractivity contribution >= 4 is 23.2 Å². The van der Waals surface area contributed by atoms with Crippen LogP contribution in [0.2, 0.25) is 0 Å². The average molecular weight is 376 g/mol. The number of rotatable bonds is 8. The summed E-state index contributed by atoms with van der Waals surface area (Å²) in [5.41, 5.74) is 0.936. The molecule has 1 atom stereocenters. The molecule has 0 saturated carbocycles. The molecule has 140 valence electrons. The lowest BCUT2D eigenvalue weighted by atomic mass is 10.1. The minimum absolute atomic E-state index is 0.0491. The molecule has 1 unspecified atom stereocenters. The average Bonchev–Trinajstić information content (AvgIpc) is 3.15. The molecule has 1 aromatic heterocycles. The highest BCUT2D eigenvalue weighted by molar-refractivity contribution is 7.10. The van der Waals surface area contributed by atoms with Crippen LogP contribution in [0.4, 0.5) is 0 Å². The zero-order valence-corrected chi connectivity index (χ0v) is 16.3. The zero-order chi connectivity index (χ0) is 19.1. The molecule has 0 fully saturated rings. The monoisotopic (exact) mass is 376 g/mol. The molecule has 2 amide bonds. The SMILES string of the molecule is COc1ccc(CN(C)C(=O)CC(NC(C)=O)c2cccs2)cc1OC. The molecule has 0 aliphatic carbocycles. The third-order valence-electron chi connectivity index (χ3n) is 3.94. The summed E-state index contributed by atoms with van der Waals surface area (Å²) in [5.74, 6) is 1.07. The number of carbonyl (C=O) groups excluding carboxylic acids is 2. The van der Waals surface area contributed by atoms with Crippen molar-refractivity contribution in [2.24, 2.45) is 0 Å². The quantitative estimate of drug-likeness (QED) is 0.769. The number of methoxy groups -OCH3 is 2. The van der Waals surface area contributed by atoms with Crippen molar-refractivity contribution in [2.45, 2.75) is 25.9 Å². The van der Waals surface area contributed by atoms with Gasteiger partial charge in [-0.3, -0.25) is 9.59 Å². The number of carbonyl (C=O) groups is 2. The molecule has 1 aromatic carbocycles. The van der Waals surface area contributed by atoms with Crippen molar-refractivity contribution in [1.29, 1.82) is 0 Å². The summed E-state index contributed by atoms with van der Waals surface area (Å²) in [6, 6.07) is 9.09. The Labute approximate surface area is 157 Å². The largest absolute Gasteiger partial charge is 0.493 e. The van der Waals surface area contributed by atoms with Crippen LogP contribution in [0.15, 0.2) is 35.7 Å². The van der Waals surface area contributed by atoms with Gasteiger partial charge in [0.1, 0.15) is 0 Å². The lowest BCUT2D eigenvalue weighted by molar-refractivity contribution is -0.131. The number of nitrogens with one attached hydrogen (secondary N) is 1. The van der Waals surface area contributed by atoms with Crippen molar-refractivity contribution in [3.8, 4) is 11.5 Å². The fourth-order valence-corrected chi connectivity index (χ4v) is 3.41. The van der Waals surface area contributed by atoms with Crippen molar-refractivity contribution < 1.29 is 19.1 Å². The Morgan fingerprint density at radius 3 is 2.50 bits per heavy atom. The van der Waals surface area contributed by atoms with Gasteiger partial charge in [-0.05, 0) is 29.1 Å². The fraction of sp³-hybridized carbons (Fsp3) is 0.368. The summed E-state index contributed by atoms with van der Waals surface area (Å²) in [6.45, 7) is 1.90. The molecule has 1 N–H and O–H groups in total. The molecule has 7 heteroatoms. The van der Waals surface area contributed by atoms with Crippen LogP contribution in [0.5, 0.6) is 11.5 Å². The third kappa shape index (κ3) is 5.23. The maximum atomic E-state index is 12.6. The topological polar surface area (TPSA) is 67.9 Å². The summed E-state index contributed by atoms with van der Waals surface area (Å²) in [7, 11) is 4.91. The first-order valence-corrected chi connectivity index (χ1v) is 9.08. The highest BCUT2D eigenvalue weighted by Crippen LogP contribution is 2.28. The molecule has 0 bridgehead atoms. The summed E-state index contributed by atoms with van der Waals surface area (Å²) in [5, 5.41) is 4.79. The molecule has 0 aliphatic rings. The third-order valence-corrected chi connectivity index (χ3v) is 4.92. The van der Waals surface area contributed by atoms with E-state index in [2.05, 4.69) is 5.32 Å². The standard InChI is InChI=1S/C19H24N2O4S/c1-13(22)20-15(18-6-5-9-26-18)11-19(23)21(2)12-14-7-8-16(24-3)17(10-14)25-4/h5-10,15H,11-12H2,1-4H3,(H,20,22). The summed E-state index contributed by atoms with van der Waals surface area (Å²) in [6.07, 6.45) is 0.212. The molecule has 0 saturated heterocycles. The summed E-state index contributed by atoms with van der Waals surface area (Å²) < 4.78 is 10.5. The van der Waals surface area contributed by atoms with Crippen LogP contribution < -0.4 is 14.8 Å². The van der Waals surface area contributed by atoms with Crippen molar-refractivity contribution in [2.75, 3.05) is 21.3 Å². The van der Waals surface area contributed by atoms with E-state index >= 15 is 0 Å². The van der Waals surface area contributed by atoms with Crippen LogP contribution in [0.3, 0.4) is 0 Å². The predicted molar refractivity (Wildman–Crippen MR) is 102 cm³/mol. The minimum atomic E-state index is -0.312. The number of nitrogens with zero attached hydrogens (tertiary/aromatic N) is 1. The van der Waals surface area contributed by atoms with Crippen LogP contribution in [0.1, 0.15) is 29.8 Å². The molecule has 2 aromatic rings. The fourth-order valence-electron chi connectivity index (χ4n) is 2.63. The van der Waals surface area contributed by atoms with Crippen LogP contribution in [-0.4, -0.2) is 38.0 Å². The summed E-state index contributed by atoms with van der Waals surface area (Å²) >= 11 is 1.52. The number of thiophene rings is 1. The van der Waals surface area contributed by atoms with Crippen LogP contribution in [0.25, 0.3) is 0 Å². The smallest absolute Gasteiger partial charge is 0.225 e. The van der Waals surface area contributed by atoms with Gasteiger partial charge in [0.15, 0.2) is 11.5 Å². The second-order valence-electron chi connectivity index (χ2n) is 5.91. The van der Waals surface area contributed by atoms with Gasteiger partial charge < -0.3 is 19.7 Å². The normalized spacial score (nSPS) is 11.5. The Hall–Kier alpha value is -2.54. The molecule has 6 nitrogen and oxygen atoms in total. The van der Waals surface area contributed by atoms with Crippen LogP contribution in [-0.2, 0) is 16.1 Å². The van der Waals surface area contributed by atoms with E-state index in [-0.39, 0.29) is 24.3 Å². The second kappa shape index (κ2) is 9.24. The first-order valence-electron chi connectivity index (χ1n) is 8.20. The van der Waals surface area contributed by atoms with E-state index in [0.29, 0.717) is 18.0 Å². The highest BCUT2D eigenvalue weighted by atomic mass is 32.1. The van der Waals surface area contributed by atoms with Gasteiger partial charge >= 0.3 is 0 Å². The van der Waals surface area contributed by atoms with E-state index in [4.69, 9.17) is 9.47 Å². The molecule has 2 rings (SSSR count). The number of hydrogen-bond acceptors (Lipinski definition) is 5. The molecule has 0 radical (unpaired) electrons. The van der Waals surface area contributed by atoms with Gasteiger partial charge in [0.05, 0.1) is 26.7 Å². The highest BCUT2D eigenvalue weighted by Gasteiger charge is 2.20. The molecule has 0 spiro atoms. The van der Waals surface area contributed by atoms with Crippen molar-refractivity contribution in [3.63, 3.8) is 0 Å². The Morgan fingerprint density at radius 1 is 1.19 bits per heavy atom. The number of hydrogen-bond donors (Lipinski definition) is 1. The Kier molecular flexibility index (Phi) is 7.03. The van der Waals surface area contributed by atoms with Gasteiger partial charge in [0.25, 0.3) is 0 Å². The van der Waals surface area contributed by atoms with E-state index < -0.39 is 0 Å². The minimum Gasteiger partial charge on any atom is -0.493 e. The van der Waals surface area contributed by atoms with Gasteiger partial charge in [0.2, 0.25) is 11.8 Å². The lowest BCUT2D eigenvalue weighted by Gasteiger charge is -2.22. The Bertz CT molecular complexity index is 746. The molecule has 26 heavy (non-hydrogen) atoms.